The normalized spacial score (nSPS) is 18.0. The number of likely N-dealkylation sites (N-methyl/N-ethyl adjacent to an activating group) is 2. The molecule has 2 saturated heterocycles. The van der Waals surface area contributed by atoms with Crippen molar-refractivity contribution in [3.63, 3.8) is 0 Å². The Labute approximate surface area is 330 Å². The van der Waals surface area contributed by atoms with Crippen molar-refractivity contribution in [2.24, 2.45) is 0 Å². The number of hydrogen-bond donors (Lipinski definition) is 4. The molecule has 9 rings (SSSR count). The van der Waals surface area contributed by atoms with Crippen LogP contribution in [0, 0.1) is 0 Å². The lowest BCUT2D eigenvalue weighted by Crippen LogP contribution is -2.39. The highest BCUT2D eigenvalue weighted by Gasteiger charge is 2.37. The second kappa shape index (κ2) is 15.6. The summed E-state index contributed by atoms with van der Waals surface area (Å²) in [4.78, 5) is 52.7. The fourth-order valence-electron chi connectivity index (χ4n) is 8.43. The number of carbonyl (C=O) groups excluding carboxylic acids is 2. The van der Waals surface area contributed by atoms with E-state index in [1.54, 1.807) is 0 Å². The molecule has 288 valence electrons. The Hall–Kier alpha value is -6.37. The minimum absolute atomic E-state index is 0.0503. The van der Waals surface area contributed by atoms with Crippen LogP contribution in [0.2, 0.25) is 0 Å². The van der Waals surface area contributed by atoms with Crippen LogP contribution in [0.5, 0.6) is 0 Å². The third kappa shape index (κ3) is 7.02. The average Bonchev–Trinajstić information content (AvgIpc) is 4.11. The minimum atomic E-state index is -0.414. The molecule has 0 spiro atoms. The van der Waals surface area contributed by atoms with Crippen molar-refractivity contribution in [1.29, 1.82) is 0 Å². The summed E-state index contributed by atoms with van der Waals surface area (Å²) in [7, 11) is 3.65. The number of oxazole rings is 1. The Balaban J connectivity index is 0.885. The van der Waals surface area contributed by atoms with Crippen LogP contribution >= 0.6 is 0 Å². The molecule has 4 aromatic carbocycles. The number of amides is 2. The van der Waals surface area contributed by atoms with Gasteiger partial charge in [0.1, 0.15) is 29.2 Å². The van der Waals surface area contributed by atoms with Crippen LogP contribution in [0.25, 0.3) is 45.1 Å². The van der Waals surface area contributed by atoms with Crippen LogP contribution in [-0.2, 0) is 9.59 Å². The second-order valence-electron chi connectivity index (χ2n) is 14.8. The van der Waals surface area contributed by atoms with Crippen molar-refractivity contribution in [1.82, 2.24) is 45.4 Å². The molecule has 4 N–H and O–H groups in total. The molecular weight excluding hydrogens is 715 g/mol. The van der Waals surface area contributed by atoms with Gasteiger partial charge < -0.3 is 34.8 Å². The molecule has 0 radical (unpaired) electrons. The molecule has 12 heteroatoms. The van der Waals surface area contributed by atoms with E-state index in [4.69, 9.17) is 19.4 Å². The van der Waals surface area contributed by atoms with Gasteiger partial charge in [-0.1, -0.05) is 72.8 Å². The van der Waals surface area contributed by atoms with Crippen LogP contribution in [0.1, 0.15) is 72.6 Å². The number of aromatic amines is 2. The first kappa shape index (κ1) is 36.3. The second-order valence-corrected chi connectivity index (χ2v) is 14.8. The van der Waals surface area contributed by atoms with Gasteiger partial charge in [0.2, 0.25) is 17.7 Å². The fraction of sp³-hybridized carbons (Fsp3) is 0.267. The Morgan fingerprint density at radius 1 is 0.667 bits per heavy atom. The number of H-pyrrole nitrogens is 2. The van der Waals surface area contributed by atoms with Gasteiger partial charge in [-0.3, -0.25) is 9.59 Å². The first-order valence-electron chi connectivity index (χ1n) is 19.7. The van der Waals surface area contributed by atoms with E-state index in [0.29, 0.717) is 24.6 Å². The summed E-state index contributed by atoms with van der Waals surface area (Å²) in [5, 5.41) is 6.42. The zero-order chi connectivity index (χ0) is 38.9. The molecule has 0 bridgehead atoms. The number of benzene rings is 4. The van der Waals surface area contributed by atoms with E-state index in [2.05, 4.69) is 20.6 Å². The van der Waals surface area contributed by atoms with Crippen molar-refractivity contribution in [3.05, 3.63) is 138 Å². The highest BCUT2D eigenvalue weighted by Crippen LogP contribution is 2.36. The van der Waals surface area contributed by atoms with Crippen LogP contribution < -0.4 is 10.6 Å². The summed E-state index contributed by atoms with van der Waals surface area (Å²) in [6, 6.07) is 32.6. The lowest BCUT2D eigenvalue weighted by molar-refractivity contribution is -0.135. The van der Waals surface area contributed by atoms with Crippen LogP contribution in [0.4, 0.5) is 0 Å². The molecule has 0 unspecified atom stereocenters. The van der Waals surface area contributed by atoms with Crippen molar-refractivity contribution in [3.8, 4) is 34.0 Å². The highest BCUT2D eigenvalue weighted by atomic mass is 16.3. The van der Waals surface area contributed by atoms with E-state index in [-0.39, 0.29) is 23.9 Å². The summed E-state index contributed by atoms with van der Waals surface area (Å²) in [6.45, 7) is 1.39. The van der Waals surface area contributed by atoms with Gasteiger partial charge in [-0.15, -0.1) is 0 Å². The molecule has 4 atom stereocenters. The summed E-state index contributed by atoms with van der Waals surface area (Å²) < 4.78 is 6.20. The zero-order valence-electron chi connectivity index (χ0n) is 32.0. The maximum atomic E-state index is 13.7. The smallest absolute Gasteiger partial charge is 0.244 e. The van der Waals surface area contributed by atoms with Crippen LogP contribution in [-0.4, -0.2) is 73.7 Å². The van der Waals surface area contributed by atoms with Gasteiger partial charge in [-0.05, 0) is 86.8 Å². The van der Waals surface area contributed by atoms with Crippen molar-refractivity contribution in [2.45, 2.75) is 49.9 Å². The SMILES string of the molecule is CN[C@@H](C(=O)N1CCC[C@H]1c1ncc(-c2ccc(-c3nc4cc(-c5cnc([C@@H]6CCCN6C(=O)[C@H](NC)c6ccccc6)[nH]5)ccc4o3)cc2)[nH]1)c1ccccc1. The van der Waals surface area contributed by atoms with Crippen molar-refractivity contribution in [2.75, 3.05) is 27.2 Å². The van der Waals surface area contributed by atoms with Gasteiger partial charge in [0.15, 0.2) is 5.58 Å². The summed E-state index contributed by atoms with van der Waals surface area (Å²) >= 11 is 0. The molecule has 3 aromatic heterocycles. The molecule has 7 aromatic rings. The largest absolute Gasteiger partial charge is 0.436 e. The number of imidazole rings is 2. The van der Waals surface area contributed by atoms with Gasteiger partial charge in [0.05, 0.1) is 35.9 Å². The average molecular weight is 760 g/mol. The molecule has 2 aliphatic rings. The number of fused-ring (bicyclic) bond motifs is 1. The molecule has 0 aliphatic carbocycles. The predicted molar refractivity (Wildman–Crippen MR) is 218 cm³/mol. The Morgan fingerprint density at radius 3 is 1.68 bits per heavy atom. The van der Waals surface area contributed by atoms with Gasteiger partial charge in [-0.25, -0.2) is 15.0 Å². The molecule has 2 fully saturated rings. The summed E-state index contributed by atoms with van der Waals surface area (Å²) in [5.74, 6) is 2.21. The fourth-order valence-corrected chi connectivity index (χ4v) is 8.43. The third-order valence-corrected chi connectivity index (χ3v) is 11.4. The number of nitrogens with zero attached hydrogens (tertiary/aromatic N) is 5. The predicted octanol–water partition coefficient (Wildman–Crippen LogP) is 7.52. The molecule has 2 aliphatic heterocycles. The quantitative estimate of drug-likeness (QED) is 0.106. The van der Waals surface area contributed by atoms with E-state index < -0.39 is 12.1 Å². The topological polar surface area (TPSA) is 148 Å². The molecule has 12 nitrogen and oxygen atoms in total. The highest BCUT2D eigenvalue weighted by molar-refractivity contribution is 5.85. The van der Waals surface area contributed by atoms with Crippen LogP contribution in [0.15, 0.2) is 120 Å². The lowest BCUT2D eigenvalue weighted by Gasteiger charge is -2.28. The number of likely N-dealkylation sites (tertiary alicyclic amines) is 2. The maximum absolute atomic E-state index is 13.7. The summed E-state index contributed by atoms with van der Waals surface area (Å²) in [5.41, 5.74) is 7.82. The van der Waals surface area contributed by atoms with Crippen molar-refractivity contribution >= 4 is 22.9 Å². The van der Waals surface area contributed by atoms with E-state index in [0.717, 1.165) is 82.1 Å². The Morgan fingerprint density at radius 2 is 1.16 bits per heavy atom. The molecule has 2 amide bonds. The number of carbonyl (C=O) groups is 2. The molecule has 5 heterocycles. The van der Waals surface area contributed by atoms with Gasteiger partial charge in [0, 0.05) is 24.2 Å². The Kier molecular flexibility index (Phi) is 9.95. The third-order valence-electron chi connectivity index (χ3n) is 11.4. The zero-order valence-corrected chi connectivity index (χ0v) is 32.0. The number of rotatable bonds is 11. The number of nitrogens with one attached hydrogen (secondary N) is 4. The van der Waals surface area contributed by atoms with E-state index >= 15 is 0 Å². The first-order valence-corrected chi connectivity index (χ1v) is 19.7. The molecule has 0 saturated carbocycles. The first-order chi connectivity index (χ1) is 28.0. The lowest BCUT2D eigenvalue weighted by atomic mass is 10.1. The monoisotopic (exact) mass is 759 g/mol. The van der Waals surface area contributed by atoms with Gasteiger partial charge in [0.25, 0.3) is 0 Å². The maximum Gasteiger partial charge on any atom is 0.244 e. The minimum Gasteiger partial charge on any atom is -0.436 e. The van der Waals surface area contributed by atoms with Gasteiger partial charge >= 0.3 is 0 Å². The summed E-state index contributed by atoms with van der Waals surface area (Å²) in [6.07, 6.45) is 7.22. The van der Waals surface area contributed by atoms with E-state index in [9.17, 15) is 9.59 Å². The standard InChI is InChI=1S/C45H45N9O3/c1-46-39(29-11-5-3-6-12-29)44(55)53-23-9-15-36(53)41-48-26-34(50-41)28-17-19-31(20-18-28)43-52-33-25-32(21-22-38(33)57-43)35-27-49-42(51-35)37-16-10-24-54(37)45(56)40(47-2)30-13-7-4-8-14-30/h3-8,11-14,17-22,25-27,36-37,39-40,46-47H,9-10,15-16,23-24H2,1-2H3,(H,48,50)(H,49,51)/t36-,37-,39+,40+/m0/s1. The van der Waals surface area contributed by atoms with Crippen LogP contribution in [0.3, 0.4) is 0 Å². The number of aromatic nitrogens is 5. The number of hydrogen-bond acceptors (Lipinski definition) is 8. The van der Waals surface area contributed by atoms with E-state index in [1.165, 1.54) is 0 Å². The van der Waals surface area contributed by atoms with Crippen molar-refractivity contribution < 1.29 is 14.0 Å². The molecule has 57 heavy (non-hydrogen) atoms. The van der Waals surface area contributed by atoms with Gasteiger partial charge in [-0.2, -0.15) is 0 Å². The Bertz CT molecular complexity index is 2490. The van der Waals surface area contributed by atoms with E-state index in [1.807, 2.05) is 139 Å². The molecular formula is C45H45N9O3.